The lowest BCUT2D eigenvalue weighted by Gasteiger charge is -2.21. The highest BCUT2D eigenvalue weighted by atomic mass is 16.2. The molecule has 0 saturated carbocycles. The second-order valence-corrected chi connectivity index (χ2v) is 6.63. The van der Waals surface area contributed by atoms with E-state index in [1.165, 1.54) is 10.9 Å². The van der Waals surface area contributed by atoms with Crippen molar-refractivity contribution in [3.63, 3.8) is 0 Å². The molecular weight excluding hydrogens is 260 g/mol. The van der Waals surface area contributed by atoms with E-state index in [9.17, 15) is 4.79 Å². The number of hydrogen-bond acceptors (Lipinski definition) is 1. The largest absolute Gasteiger partial charge is 0.346 e. The molecule has 2 rings (SSSR count). The number of amides is 1. The first kappa shape index (κ1) is 15.6. The lowest BCUT2D eigenvalue weighted by Crippen LogP contribution is -2.41. The molecule has 0 aliphatic carbocycles. The number of benzene rings is 1. The maximum absolute atomic E-state index is 12.7. The number of nitrogens with zero attached hydrogens (tertiary/aromatic N) is 1. The van der Waals surface area contributed by atoms with Crippen LogP contribution < -0.4 is 5.32 Å². The van der Waals surface area contributed by atoms with Gasteiger partial charge < -0.3 is 9.88 Å². The maximum Gasteiger partial charge on any atom is 0.268 e. The zero-order valence-corrected chi connectivity index (χ0v) is 14.0. The second kappa shape index (κ2) is 5.55. The summed E-state index contributed by atoms with van der Waals surface area (Å²) in [5, 5.41) is 4.27. The molecule has 1 heterocycles. The molecule has 1 N–H and O–H groups in total. The molecule has 0 aliphatic rings. The quantitative estimate of drug-likeness (QED) is 0.907. The van der Waals surface area contributed by atoms with Crippen molar-refractivity contribution >= 4 is 16.8 Å². The van der Waals surface area contributed by atoms with E-state index in [4.69, 9.17) is 0 Å². The Balaban J connectivity index is 2.62. The Morgan fingerprint density at radius 3 is 2.43 bits per heavy atom. The number of hydrogen-bond donors (Lipinski definition) is 1. The highest BCUT2D eigenvalue weighted by Crippen LogP contribution is 2.27. The Hall–Kier alpha value is -1.77. The molecule has 0 radical (unpaired) electrons. The fourth-order valence-corrected chi connectivity index (χ4v) is 2.81. The van der Waals surface area contributed by atoms with Crippen LogP contribution in [0.5, 0.6) is 0 Å². The number of aryl methyl sites for hydroxylation is 3. The molecule has 1 aromatic heterocycles. The van der Waals surface area contributed by atoms with Gasteiger partial charge in [0.25, 0.3) is 5.91 Å². The minimum absolute atomic E-state index is 0.0103. The molecule has 0 atom stereocenters. The number of carbonyl (C=O) groups excluding carboxylic acids is 1. The summed E-state index contributed by atoms with van der Waals surface area (Å²) in [4.78, 5) is 12.7. The Morgan fingerprint density at radius 2 is 1.90 bits per heavy atom. The fourth-order valence-electron chi connectivity index (χ4n) is 2.81. The molecular formula is C18H26N2O. The van der Waals surface area contributed by atoms with Gasteiger partial charge in [-0.15, -0.1) is 0 Å². The molecule has 3 nitrogen and oxygen atoms in total. The lowest BCUT2D eigenvalue weighted by atomic mass is 10.1. The Labute approximate surface area is 127 Å². The van der Waals surface area contributed by atoms with E-state index in [-0.39, 0.29) is 11.4 Å². The van der Waals surface area contributed by atoms with Crippen LogP contribution in [0, 0.1) is 6.92 Å². The Kier molecular flexibility index (Phi) is 4.13. The molecule has 0 saturated heterocycles. The van der Waals surface area contributed by atoms with Crippen molar-refractivity contribution in [1.82, 2.24) is 9.88 Å². The summed E-state index contributed by atoms with van der Waals surface area (Å²) < 4.78 is 2.12. The van der Waals surface area contributed by atoms with Gasteiger partial charge >= 0.3 is 0 Å². The zero-order valence-electron chi connectivity index (χ0n) is 14.0. The summed E-state index contributed by atoms with van der Waals surface area (Å²) in [6.07, 6.45) is 1.01. The summed E-state index contributed by atoms with van der Waals surface area (Å²) in [5.74, 6) is 0.0103. The van der Waals surface area contributed by atoms with Crippen molar-refractivity contribution in [2.45, 2.75) is 60.0 Å². The number of nitrogens with one attached hydrogen (secondary N) is 1. The minimum atomic E-state index is -0.229. The molecule has 2 aromatic rings. The summed E-state index contributed by atoms with van der Waals surface area (Å²) >= 11 is 0. The SMILES string of the molecule is CCc1ccc2c(c1)c(C)c(C(=O)NC(C)(C)C)n2CC. The van der Waals surface area contributed by atoms with E-state index in [2.05, 4.69) is 41.9 Å². The van der Waals surface area contributed by atoms with Crippen molar-refractivity contribution in [3.8, 4) is 0 Å². The average molecular weight is 286 g/mol. The summed E-state index contributed by atoms with van der Waals surface area (Å²) in [5.41, 5.74) is 4.08. The van der Waals surface area contributed by atoms with Gasteiger partial charge in [-0.05, 0) is 64.3 Å². The van der Waals surface area contributed by atoms with Crippen LogP contribution >= 0.6 is 0 Å². The molecule has 0 unspecified atom stereocenters. The van der Waals surface area contributed by atoms with Crippen LogP contribution in [0.2, 0.25) is 0 Å². The molecule has 0 spiro atoms. The normalized spacial score (nSPS) is 11.9. The molecule has 21 heavy (non-hydrogen) atoms. The third kappa shape index (κ3) is 2.97. The molecule has 1 aromatic carbocycles. The number of fused-ring (bicyclic) bond motifs is 1. The first-order valence-electron chi connectivity index (χ1n) is 7.72. The van der Waals surface area contributed by atoms with Gasteiger partial charge in [0.2, 0.25) is 0 Å². The zero-order chi connectivity index (χ0) is 15.8. The van der Waals surface area contributed by atoms with Crippen molar-refractivity contribution in [2.24, 2.45) is 0 Å². The van der Waals surface area contributed by atoms with E-state index >= 15 is 0 Å². The fraction of sp³-hybridized carbons (Fsp3) is 0.500. The van der Waals surface area contributed by atoms with Crippen LogP contribution in [-0.4, -0.2) is 16.0 Å². The Bertz CT molecular complexity index is 675. The first-order valence-corrected chi connectivity index (χ1v) is 7.72. The van der Waals surface area contributed by atoms with E-state index in [1.54, 1.807) is 0 Å². The third-order valence-corrected chi connectivity index (χ3v) is 3.81. The van der Waals surface area contributed by atoms with E-state index in [0.717, 1.165) is 29.7 Å². The average Bonchev–Trinajstić information content (AvgIpc) is 2.69. The van der Waals surface area contributed by atoms with Crippen LogP contribution in [0.1, 0.15) is 56.2 Å². The van der Waals surface area contributed by atoms with E-state index in [1.807, 2.05) is 27.7 Å². The van der Waals surface area contributed by atoms with Crippen LogP contribution in [0.15, 0.2) is 18.2 Å². The van der Waals surface area contributed by atoms with Gasteiger partial charge in [0.1, 0.15) is 5.69 Å². The molecule has 0 bridgehead atoms. The summed E-state index contributed by atoms with van der Waals surface area (Å²) in [6, 6.07) is 6.50. The second-order valence-electron chi connectivity index (χ2n) is 6.63. The highest BCUT2D eigenvalue weighted by Gasteiger charge is 2.23. The smallest absolute Gasteiger partial charge is 0.268 e. The van der Waals surface area contributed by atoms with Crippen molar-refractivity contribution in [1.29, 1.82) is 0 Å². The van der Waals surface area contributed by atoms with Gasteiger partial charge in [-0.25, -0.2) is 0 Å². The topological polar surface area (TPSA) is 34.0 Å². The van der Waals surface area contributed by atoms with Crippen LogP contribution in [0.4, 0.5) is 0 Å². The predicted molar refractivity (Wildman–Crippen MR) is 88.9 cm³/mol. The van der Waals surface area contributed by atoms with Crippen LogP contribution in [0.3, 0.4) is 0 Å². The predicted octanol–water partition coefficient (Wildman–Crippen LogP) is 4.06. The van der Waals surface area contributed by atoms with Crippen molar-refractivity contribution < 1.29 is 4.79 Å². The lowest BCUT2D eigenvalue weighted by molar-refractivity contribution is 0.0910. The summed E-state index contributed by atoms with van der Waals surface area (Å²) in [6.45, 7) is 13.1. The molecule has 1 amide bonds. The highest BCUT2D eigenvalue weighted by molar-refractivity contribution is 6.02. The van der Waals surface area contributed by atoms with Gasteiger partial charge in [0.05, 0.1) is 0 Å². The number of rotatable bonds is 3. The standard InChI is InChI=1S/C18H26N2O/c1-7-13-9-10-15-14(11-13)12(3)16(20(15)8-2)17(21)19-18(4,5)6/h9-11H,7-8H2,1-6H3,(H,19,21). The molecule has 114 valence electrons. The van der Waals surface area contributed by atoms with E-state index < -0.39 is 0 Å². The van der Waals surface area contributed by atoms with Crippen LogP contribution in [0.25, 0.3) is 10.9 Å². The molecule has 3 heteroatoms. The van der Waals surface area contributed by atoms with Crippen molar-refractivity contribution in [3.05, 3.63) is 35.0 Å². The monoisotopic (exact) mass is 286 g/mol. The van der Waals surface area contributed by atoms with Gasteiger partial charge in [0, 0.05) is 23.0 Å². The molecule has 0 fully saturated rings. The number of aromatic nitrogens is 1. The third-order valence-electron chi connectivity index (χ3n) is 3.81. The maximum atomic E-state index is 12.7. The Morgan fingerprint density at radius 1 is 1.24 bits per heavy atom. The van der Waals surface area contributed by atoms with Gasteiger partial charge in [-0.2, -0.15) is 0 Å². The van der Waals surface area contributed by atoms with Gasteiger partial charge in [-0.1, -0.05) is 13.0 Å². The van der Waals surface area contributed by atoms with Crippen molar-refractivity contribution in [2.75, 3.05) is 0 Å². The van der Waals surface area contributed by atoms with Gasteiger partial charge in [0.15, 0.2) is 0 Å². The minimum Gasteiger partial charge on any atom is -0.346 e. The first-order chi connectivity index (χ1) is 9.78. The number of carbonyl (C=O) groups is 1. The molecule has 0 aliphatic heterocycles. The van der Waals surface area contributed by atoms with Crippen LogP contribution in [-0.2, 0) is 13.0 Å². The van der Waals surface area contributed by atoms with Gasteiger partial charge in [-0.3, -0.25) is 4.79 Å². The van der Waals surface area contributed by atoms with E-state index in [0.29, 0.717) is 0 Å². The summed E-state index contributed by atoms with van der Waals surface area (Å²) in [7, 11) is 0.